The first-order valence-electron chi connectivity index (χ1n) is 5.11. The summed E-state index contributed by atoms with van der Waals surface area (Å²) in [6.07, 6.45) is -1.84. The molecule has 0 aliphatic rings. The topological polar surface area (TPSA) is 141 Å². The molecule has 0 bridgehead atoms. The minimum Gasteiger partial charge on any atom is -0.481 e. The highest BCUT2D eigenvalue weighted by atomic mass is 16.4. The molecule has 0 spiro atoms. The zero-order chi connectivity index (χ0) is 14.3. The summed E-state index contributed by atoms with van der Waals surface area (Å²) in [5.41, 5.74) is -1.44. The lowest BCUT2D eigenvalue weighted by Gasteiger charge is -2.27. The number of hydrogen-bond acceptors (Lipinski definition) is 4. The van der Waals surface area contributed by atoms with Gasteiger partial charge in [0.25, 0.3) is 0 Å². The summed E-state index contributed by atoms with van der Waals surface area (Å²) in [6.45, 7) is 1.29. The van der Waals surface area contributed by atoms with Crippen LogP contribution in [-0.4, -0.2) is 44.7 Å². The highest BCUT2D eigenvalue weighted by molar-refractivity contribution is 5.83. The lowest BCUT2D eigenvalue weighted by atomic mass is 9.93. The molecule has 0 aromatic rings. The highest BCUT2D eigenvalue weighted by Crippen LogP contribution is 2.15. The monoisotopic (exact) mass is 261 g/mol. The largest absolute Gasteiger partial charge is 0.481 e. The summed E-state index contributed by atoms with van der Waals surface area (Å²) >= 11 is 0. The number of carbonyl (C=O) groups excluding carboxylic acids is 1. The van der Waals surface area contributed by atoms with Gasteiger partial charge in [-0.2, -0.15) is 0 Å². The number of carboxylic acids is 3. The van der Waals surface area contributed by atoms with Crippen molar-refractivity contribution in [2.24, 2.45) is 0 Å². The van der Waals surface area contributed by atoms with Crippen LogP contribution in [0.1, 0.15) is 32.6 Å². The molecule has 0 fully saturated rings. The molecule has 1 amide bonds. The number of nitrogens with one attached hydrogen (secondary N) is 1. The van der Waals surface area contributed by atoms with Crippen molar-refractivity contribution < 1.29 is 34.5 Å². The second kappa shape index (κ2) is 6.58. The summed E-state index contributed by atoms with van der Waals surface area (Å²) < 4.78 is 0. The van der Waals surface area contributed by atoms with Crippen LogP contribution in [-0.2, 0) is 19.2 Å². The minimum atomic E-state index is -1.44. The number of hydrogen-bond donors (Lipinski definition) is 4. The van der Waals surface area contributed by atoms with E-state index in [9.17, 15) is 19.2 Å². The Morgan fingerprint density at radius 1 is 0.889 bits per heavy atom. The molecular formula is C10H15NO7. The third-order valence-corrected chi connectivity index (χ3v) is 2.09. The molecule has 0 heterocycles. The van der Waals surface area contributed by atoms with Gasteiger partial charge >= 0.3 is 17.9 Å². The third kappa shape index (κ3) is 7.20. The molecule has 0 saturated carbocycles. The summed E-state index contributed by atoms with van der Waals surface area (Å²) in [4.78, 5) is 42.8. The van der Waals surface area contributed by atoms with Crippen LogP contribution in [0.4, 0.5) is 0 Å². The molecular weight excluding hydrogens is 246 g/mol. The number of rotatable bonds is 8. The van der Waals surface area contributed by atoms with Gasteiger partial charge in [0.2, 0.25) is 5.91 Å². The first-order chi connectivity index (χ1) is 8.14. The van der Waals surface area contributed by atoms with Crippen LogP contribution < -0.4 is 5.32 Å². The van der Waals surface area contributed by atoms with E-state index < -0.39 is 48.6 Å². The van der Waals surface area contributed by atoms with Gasteiger partial charge in [-0.3, -0.25) is 19.2 Å². The molecule has 0 aromatic carbocycles. The van der Waals surface area contributed by atoms with Crippen LogP contribution in [0.3, 0.4) is 0 Å². The Kier molecular flexibility index (Phi) is 5.80. The predicted octanol–water partition coefficient (Wildman–Crippen LogP) is -0.325. The van der Waals surface area contributed by atoms with Gasteiger partial charge in [0, 0.05) is 6.42 Å². The van der Waals surface area contributed by atoms with Crippen molar-refractivity contribution >= 4 is 23.8 Å². The van der Waals surface area contributed by atoms with Gasteiger partial charge in [0.1, 0.15) is 0 Å². The third-order valence-electron chi connectivity index (χ3n) is 2.09. The summed E-state index contributed by atoms with van der Waals surface area (Å²) in [6, 6.07) is 0. The molecule has 0 radical (unpaired) electrons. The molecule has 8 nitrogen and oxygen atoms in total. The minimum absolute atomic E-state index is 0.329. The number of amides is 1. The van der Waals surface area contributed by atoms with Crippen molar-refractivity contribution in [3.05, 3.63) is 0 Å². The van der Waals surface area contributed by atoms with Gasteiger partial charge < -0.3 is 20.6 Å². The van der Waals surface area contributed by atoms with Crippen molar-refractivity contribution in [2.45, 2.75) is 38.1 Å². The first-order valence-corrected chi connectivity index (χ1v) is 5.11. The van der Waals surface area contributed by atoms with Crippen LogP contribution in [0.25, 0.3) is 0 Å². The Morgan fingerprint density at radius 2 is 1.33 bits per heavy atom. The summed E-state index contributed by atoms with van der Waals surface area (Å²) in [7, 11) is 0. The van der Waals surface area contributed by atoms with Crippen LogP contribution in [0.2, 0.25) is 0 Å². The Labute approximate surface area is 103 Å². The average Bonchev–Trinajstić information content (AvgIpc) is 2.10. The van der Waals surface area contributed by atoms with Gasteiger partial charge in [0.15, 0.2) is 0 Å². The van der Waals surface area contributed by atoms with E-state index in [4.69, 9.17) is 15.3 Å². The average molecular weight is 261 g/mol. The zero-order valence-corrected chi connectivity index (χ0v) is 9.80. The van der Waals surface area contributed by atoms with Crippen molar-refractivity contribution in [1.29, 1.82) is 0 Å². The summed E-state index contributed by atoms with van der Waals surface area (Å²) in [5, 5.41) is 27.9. The van der Waals surface area contributed by atoms with Gasteiger partial charge in [-0.1, -0.05) is 0 Å². The fourth-order valence-electron chi connectivity index (χ4n) is 1.44. The Balaban J connectivity index is 4.57. The maximum absolute atomic E-state index is 11.4. The summed E-state index contributed by atoms with van der Waals surface area (Å²) in [5.74, 6) is -4.36. The highest BCUT2D eigenvalue weighted by Gasteiger charge is 2.32. The Morgan fingerprint density at radius 3 is 1.67 bits per heavy atom. The maximum Gasteiger partial charge on any atom is 0.305 e. The van der Waals surface area contributed by atoms with Crippen molar-refractivity contribution in [2.75, 3.05) is 0 Å². The van der Waals surface area contributed by atoms with Crippen LogP contribution in [0.5, 0.6) is 0 Å². The smallest absolute Gasteiger partial charge is 0.305 e. The quantitative estimate of drug-likeness (QED) is 0.469. The molecule has 0 aromatic heterocycles. The van der Waals surface area contributed by atoms with E-state index in [0.29, 0.717) is 0 Å². The molecule has 0 atom stereocenters. The molecule has 0 aliphatic heterocycles. The molecule has 102 valence electrons. The van der Waals surface area contributed by atoms with E-state index in [1.807, 2.05) is 0 Å². The molecule has 0 unspecified atom stereocenters. The number of aliphatic carboxylic acids is 3. The molecule has 4 N–H and O–H groups in total. The van der Waals surface area contributed by atoms with Crippen molar-refractivity contribution in [1.82, 2.24) is 5.32 Å². The van der Waals surface area contributed by atoms with Gasteiger partial charge in [-0.25, -0.2) is 0 Å². The lowest BCUT2D eigenvalue weighted by molar-refractivity contribution is -0.143. The standard InChI is InChI=1S/C10H15NO7/c1-10(4-8(15)16,5-9(17)18)11-6(12)2-3-7(13)14/h2-5H2,1H3,(H,11,12)(H,13,14)(H,15,16)(H,17,18). The molecule has 0 aliphatic carbocycles. The van der Waals surface area contributed by atoms with Crippen LogP contribution >= 0.6 is 0 Å². The lowest BCUT2D eigenvalue weighted by Crippen LogP contribution is -2.49. The van der Waals surface area contributed by atoms with Crippen LogP contribution in [0.15, 0.2) is 0 Å². The fraction of sp³-hybridized carbons (Fsp3) is 0.600. The fourth-order valence-corrected chi connectivity index (χ4v) is 1.44. The van der Waals surface area contributed by atoms with Crippen molar-refractivity contribution in [3.8, 4) is 0 Å². The molecule has 18 heavy (non-hydrogen) atoms. The van der Waals surface area contributed by atoms with E-state index in [-0.39, 0.29) is 6.42 Å². The Bertz CT molecular complexity index is 347. The van der Waals surface area contributed by atoms with Gasteiger partial charge in [-0.15, -0.1) is 0 Å². The number of carboxylic acid groups (broad SMARTS) is 3. The van der Waals surface area contributed by atoms with E-state index in [2.05, 4.69) is 5.32 Å². The Hall–Kier alpha value is -2.12. The predicted molar refractivity (Wildman–Crippen MR) is 57.9 cm³/mol. The van der Waals surface area contributed by atoms with Gasteiger partial charge in [-0.05, 0) is 6.92 Å². The van der Waals surface area contributed by atoms with E-state index in [0.717, 1.165) is 0 Å². The SMILES string of the molecule is CC(CC(=O)O)(CC(=O)O)NC(=O)CCC(=O)O. The maximum atomic E-state index is 11.4. The van der Waals surface area contributed by atoms with Crippen LogP contribution in [0, 0.1) is 0 Å². The molecule has 0 rings (SSSR count). The second-order valence-corrected chi connectivity index (χ2v) is 4.14. The second-order valence-electron chi connectivity index (χ2n) is 4.14. The molecule has 8 heteroatoms. The van der Waals surface area contributed by atoms with E-state index >= 15 is 0 Å². The zero-order valence-electron chi connectivity index (χ0n) is 9.80. The first kappa shape index (κ1) is 15.9. The van der Waals surface area contributed by atoms with E-state index in [1.165, 1.54) is 6.92 Å². The molecule has 0 saturated heterocycles. The van der Waals surface area contributed by atoms with E-state index in [1.54, 1.807) is 0 Å². The number of carbonyl (C=O) groups is 4. The normalized spacial score (nSPS) is 10.7. The van der Waals surface area contributed by atoms with Crippen molar-refractivity contribution in [3.63, 3.8) is 0 Å². The van der Waals surface area contributed by atoms with Gasteiger partial charge in [0.05, 0.1) is 24.8 Å².